The van der Waals surface area contributed by atoms with E-state index in [0.717, 1.165) is 5.56 Å². The second-order valence-electron chi connectivity index (χ2n) is 6.16. The number of hydrogen-bond donors (Lipinski definition) is 4. The van der Waals surface area contributed by atoms with Crippen molar-refractivity contribution in [2.24, 2.45) is 0 Å². The van der Waals surface area contributed by atoms with Crippen LogP contribution in [0.15, 0.2) is 0 Å². The van der Waals surface area contributed by atoms with Crippen LogP contribution in [0.25, 0.3) is 0 Å². The molecule has 0 amide bonds. The van der Waals surface area contributed by atoms with E-state index in [1.807, 2.05) is 27.7 Å². The van der Waals surface area contributed by atoms with Gasteiger partial charge in [0.15, 0.2) is 0 Å². The molecule has 0 aliphatic rings. The maximum absolute atomic E-state index is 9.79. The van der Waals surface area contributed by atoms with Crippen molar-refractivity contribution in [2.45, 2.75) is 45.6 Å². The van der Waals surface area contributed by atoms with Gasteiger partial charge >= 0.3 is 0 Å². The highest BCUT2D eigenvalue weighted by Crippen LogP contribution is 2.24. The number of nitrogens with one attached hydrogen (secondary N) is 1. The second kappa shape index (κ2) is 5.30. The molecule has 0 radical (unpaired) electrons. The molecule has 1 unspecified atom stereocenters. The van der Waals surface area contributed by atoms with Crippen LogP contribution in [-0.2, 0) is 5.41 Å². The molecule has 0 fully saturated rings. The van der Waals surface area contributed by atoms with Crippen LogP contribution in [0, 0.1) is 6.92 Å². The molecule has 0 saturated heterocycles. The second-order valence-corrected chi connectivity index (χ2v) is 6.16. The molecule has 0 spiro atoms. The largest absolute Gasteiger partial charge is 0.393 e. The summed E-state index contributed by atoms with van der Waals surface area (Å²) in [5.74, 6) is 1.65. The summed E-state index contributed by atoms with van der Waals surface area (Å²) in [5, 5.41) is 21.8. The van der Waals surface area contributed by atoms with E-state index < -0.39 is 5.60 Å². The van der Waals surface area contributed by atoms with E-state index in [1.165, 1.54) is 0 Å². The number of anilines is 2. The molecule has 108 valence electrons. The molecule has 0 aliphatic heterocycles. The van der Waals surface area contributed by atoms with E-state index in [9.17, 15) is 5.11 Å². The molecule has 6 nitrogen and oxygen atoms in total. The van der Waals surface area contributed by atoms with Crippen LogP contribution < -0.4 is 11.1 Å². The Balaban J connectivity index is 3.04. The van der Waals surface area contributed by atoms with E-state index in [-0.39, 0.29) is 18.6 Å². The molecule has 0 bridgehead atoms. The first-order valence-electron chi connectivity index (χ1n) is 6.28. The normalized spacial score (nSPS) is 15.1. The van der Waals surface area contributed by atoms with Gasteiger partial charge in [0.25, 0.3) is 0 Å². The van der Waals surface area contributed by atoms with E-state index >= 15 is 0 Å². The number of aliphatic hydroxyl groups excluding tert-OH is 1. The number of nitrogen functional groups attached to an aromatic ring is 1. The molecule has 0 aromatic carbocycles. The third-order valence-electron chi connectivity index (χ3n) is 2.83. The summed E-state index contributed by atoms with van der Waals surface area (Å²) in [6.07, 6.45) is 0. The van der Waals surface area contributed by atoms with E-state index in [2.05, 4.69) is 15.3 Å². The average molecular weight is 268 g/mol. The van der Waals surface area contributed by atoms with Gasteiger partial charge in [0.2, 0.25) is 0 Å². The number of nitrogens with two attached hydrogens (primary N) is 1. The molecular weight excluding hydrogens is 244 g/mol. The number of hydrogen-bond acceptors (Lipinski definition) is 6. The molecule has 1 heterocycles. The minimum Gasteiger partial charge on any atom is -0.393 e. The first kappa shape index (κ1) is 15.7. The van der Waals surface area contributed by atoms with Crippen molar-refractivity contribution in [3.05, 3.63) is 11.4 Å². The lowest BCUT2D eigenvalue weighted by Gasteiger charge is -2.23. The number of nitrogens with zero attached hydrogens (tertiary/aromatic N) is 2. The molecule has 1 atom stereocenters. The van der Waals surface area contributed by atoms with E-state index in [0.29, 0.717) is 17.5 Å². The van der Waals surface area contributed by atoms with Crippen molar-refractivity contribution >= 4 is 11.6 Å². The lowest BCUT2D eigenvalue weighted by Crippen LogP contribution is -2.37. The Kier molecular flexibility index (Phi) is 4.37. The molecular formula is C13H24N4O2. The van der Waals surface area contributed by atoms with Crippen LogP contribution >= 0.6 is 0 Å². The van der Waals surface area contributed by atoms with Gasteiger partial charge in [-0.1, -0.05) is 20.8 Å². The Bertz CT molecular complexity index is 453. The van der Waals surface area contributed by atoms with Gasteiger partial charge < -0.3 is 21.3 Å². The number of aliphatic hydroxyl groups is 2. The van der Waals surface area contributed by atoms with Crippen LogP contribution in [0.1, 0.15) is 39.1 Å². The Morgan fingerprint density at radius 2 is 1.79 bits per heavy atom. The van der Waals surface area contributed by atoms with Gasteiger partial charge in [0.1, 0.15) is 23.1 Å². The minimum atomic E-state index is -1.20. The van der Waals surface area contributed by atoms with E-state index in [1.54, 1.807) is 6.92 Å². The molecule has 0 aliphatic carbocycles. The number of rotatable bonds is 4. The van der Waals surface area contributed by atoms with Gasteiger partial charge in [-0.2, -0.15) is 0 Å². The van der Waals surface area contributed by atoms with Crippen LogP contribution in [0.4, 0.5) is 11.6 Å². The summed E-state index contributed by atoms with van der Waals surface area (Å²) in [6, 6.07) is 0. The zero-order chi connectivity index (χ0) is 14.8. The zero-order valence-electron chi connectivity index (χ0n) is 12.3. The minimum absolute atomic E-state index is 0.185. The highest BCUT2D eigenvalue weighted by Gasteiger charge is 2.22. The van der Waals surface area contributed by atoms with Crippen molar-refractivity contribution in [1.29, 1.82) is 0 Å². The fourth-order valence-corrected chi connectivity index (χ4v) is 1.37. The van der Waals surface area contributed by atoms with Crippen LogP contribution in [0.3, 0.4) is 0 Å². The molecule has 19 heavy (non-hydrogen) atoms. The molecule has 1 aromatic rings. The Hall–Kier alpha value is -1.40. The summed E-state index contributed by atoms with van der Waals surface area (Å²) >= 11 is 0. The van der Waals surface area contributed by atoms with Crippen molar-refractivity contribution in [3.63, 3.8) is 0 Å². The third-order valence-corrected chi connectivity index (χ3v) is 2.83. The first-order valence-corrected chi connectivity index (χ1v) is 6.28. The van der Waals surface area contributed by atoms with Gasteiger partial charge in [-0.3, -0.25) is 0 Å². The SMILES string of the molecule is Cc1c(N)nc(C(C)(C)C)nc1NCC(C)(O)CO. The highest BCUT2D eigenvalue weighted by molar-refractivity contribution is 5.55. The molecule has 5 N–H and O–H groups in total. The summed E-state index contributed by atoms with van der Waals surface area (Å²) in [5.41, 5.74) is 5.21. The zero-order valence-corrected chi connectivity index (χ0v) is 12.3. The summed E-state index contributed by atoms with van der Waals surface area (Å²) in [4.78, 5) is 8.73. The Morgan fingerprint density at radius 3 is 2.26 bits per heavy atom. The fraction of sp³-hybridized carbons (Fsp3) is 0.692. The van der Waals surface area contributed by atoms with Gasteiger partial charge in [0.05, 0.1) is 6.61 Å². The van der Waals surface area contributed by atoms with E-state index in [4.69, 9.17) is 10.8 Å². The van der Waals surface area contributed by atoms with Gasteiger partial charge in [-0.25, -0.2) is 9.97 Å². The lowest BCUT2D eigenvalue weighted by atomic mass is 9.95. The van der Waals surface area contributed by atoms with Gasteiger partial charge in [-0.15, -0.1) is 0 Å². The maximum atomic E-state index is 9.79. The third kappa shape index (κ3) is 4.04. The van der Waals surface area contributed by atoms with Crippen molar-refractivity contribution in [2.75, 3.05) is 24.2 Å². The standard InChI is InChI=1S/C13H24N4O2/c1-8-9(14)16-11(12(2,3)4)17-10(8)15-6-13(5,19)7-18/h18-19H,6-7H2,1-5H3,(H3,14,15,16,17). The van der Waals surface area contributed by atoms with Gasteiger partial charge in [0, 0.05) is 17.5 Å². The summed E-state index contributed by atoms with van der Waals surface area (Å²) < 4.78 is 0. The summed E-state index contributed by atoms with van der Waals surface area (Å²) in [7, 11) is 0. The monoisotopic (exact) mass is 268 g/mol. The van der Waals surface area contributed by atoms with Crippen molar-refractivity contribution < 1.29 is 10.2 Å². The topological polar surface area (TPSA) is 104 Å². The van der Waals surface area contributed by atoms with Crippen molar-refractivity contribution in [3.8, 4) is 0 Å². The van der Waals surface area contributed by atoms with Crippen LogP contribution in [0.2, 0.25) is 0 Å². The Labute approximate surface area is 114 Å². The van der Waals surface area contributed by atoms with Crippen LogP contribution in [0.5, 0.6) is 0 Å². The highest BCUT2D eigenvalue weighted by atomic mass is 16.3. The molecule has 1 rings (SSSR count). The first-order chi connectivity index (χ1) is 8.57. The van der Waals surface area contributed by atoms with Crippen molar-refractivity contribution in [1.82, 2.24) is 9.97 Å². The lowest BCUT2D eigenvalue weighted by molar-refractivity contribution is 0.0131. The Morgan fingerprint density at radius 1 is 1.21 bits per heavy atom. The fourth-order valence-electron chi connectivity index (χ4n) is 1.37. The van der Waals surface area contributed by atoms with Crippen LogP contribution in [-0.4, -0.2) is 38.9 Å². The number of aromatic nitrogens is 2. The maximum Gasteiger partial charge on any atom is 0.138 e. The predicted octanol–water partition coefficient (Wildman–Crippen LogP) is 0.820. The quantitative estimate of drug-likeness (QED) is 0.644. The molecule has 1 aromatic heterocycles. The summed E-state index contributed by atoms with van der Waals surface area (Å²) in [6.45, 7) is 9.23. The average Bonchev–Trinajstić information content (AvgIpc) is 2.29. The van der Waals surface area contributed by atoms with Gasteiger partial charge in [-0.05, 0) is 13.8 Å². The predicted molar refractivity (Wildman–Crippen MR) is 76.1 cm³/mol. The molecule has 6 heteroatoms. The smallest absolute Gasteiger partial charge is 0.138 e. The molecule has 0 saturated carbocycles.